The van der Waals surface area contributed by atoms with E-state index in [0.29, 0.717) is 28.6 Å². The lowest BCUT2D eigenvalue weighted by Crippen LogP contribution is -2.03. The molecular formula is C20H18O5. The van der Waals surface area contributed by atoms with E-state index in [2.05, 4.69) is 0 Å². The van der Waals surface area contributed by atoms with Gasteiger partial charge in [0.05, 0.1) is 21.3 Å². The van der Waals surface area contributed by atoms with Gasteiger partial charge in [0.15, 0.2) is 17.3 Å². The summed E-state index contributed by atoms with van der Waals surface area (Å²) < 4.78 is 21.6. The van der Waals surface area contributed by atoms with Gasteiger partial charge in [-0.2, -0.15) is 0 Å². The van der Waals surface area contributed by atoms with Crippen molar-refractivity contribution in [3.63, 3.8) is 0 Å². The molecule has 0 aliphatic heterocycles. The molecule has 5 nitrogen and oxygen atoms in total. The van der Waals surface area contributed by atoms with Crippen LogP contribution in [0.5, 0.6) is 17.2 Å². The molecule has 5 heteroatoms. The van der Waals surface area contributed by atoms with E-state index >= 15 is 0 Å². The van der Waals surface area contributed by atoms with E-state index in [-0.39, 0.29) is 11.5 Å². The van der Waals surface area contributed by atoms with Crippen LogP contribution in [0.3, 0.4) is 0 Å². The Morgan fingerprint density at radius 1 is 0.840 bits per heavy atom. The molecule has 0 spiro atoms. The molecule has 0 aliphatic rings. The standard InChI is InChI=1S/C20H18O5/c1-22-17-11-14(12-18(23-2)20(17)24-3)19(21)16-10-9-15(25-16)13-7-5-4-6-8-13/h4-12H,1-3H3. The molecule has 0 amide bonds. The normalized spacial score (nSPS) is 10.4. The van der Waals surface area contributed by atoms with Crippen LogP contribution in [0.2, 0.25) is 0 Å². The molecule has 0 atom stereocenters. The van der Waals surface area contributed by atoms with Crippen molar-refractivity contribution in [1.82, 2.24) is 0 Å². The van der Waals surface area contributed by atoms with Crippen molar-refractivity contribution >= 4 is 5.78 Å². The molecule has 1 aromatic heterocycles. The lowest BCUT2D eigenvalue weighted by Gasteiger charge is -2.13. The summed E-state index contributed by atoms with van der Waals surface area (Å²) in [4.78, 5) is 12.8. The van der Waals surface area contributed by atoms with E-state index in [9.17, 15) is 4.79 Å². The Kier molecular flexibility index (Phi) is 4.75. The smallest absolute Gasteiger partial charge is 0.228 e. The van der Waals surface area contributed by atoms with Gasteiger partial charge in [0, 0.05) is 11.1 Å². The average molecular weight is 338 g/mol. The fourth-order valence-electron chi connectivity index (χ4n) is 2.57. The summed E-state index contributed by atoms with van der Waals surface area (Å²) in [5.74, 6) is 1.89. The monoisotopic (exact) mass is 338 g/mol. The molecule has 128 valence electrons. The molecule has 3 aromatic rings. The molecule has 0 N–H and O–H groups in total. The molecule has 2 aromatic carbocycles. The number of hydrogen-bond acceptors (Lipinski definition) is 5. The molecule has 1 heterocycles. The van der Waals surface area contributed by atoms with Gasteiger partial charge in [0.25, 0.3) is 0 Å². The van der Waals surface area contributed by atoms with Crippen LogP contribution in [0.15, 0.2) is 59.0 Å². The van der Waals surface area contributed by atoms with Crippen LogP contribution < -0.4 is 14.2 Å². The number of ether oxygens (including phenoxy) is 3. The minimum Gasteiger partial charge on any atom is -0.493 e. The molecule has 0 radical (unpaired) electrons. The van der Waals surface area contributed by atoms with Crippen LogP contribution in [0, 0.1) is 0 Å². The Morgan fingerprint density at radius 3 is 2.04 bits per heavy atom. The van der Waals surface area contributed by atoms with E-state index in [1.165, 1.54) is 21.3 Å². The minimum atomic E-state index is -0.263. The van der Waals surface area contributed by atoms with E-state index in [1.54, 1.807) is 24.3 Å². The first-order valence-corrected chi connectivity index (χ1v) is 7.68. The molecule has 0 bridgehead atoms. The Labute approximate surface area is 145 Å². The first-order chi connectivity index (χ1) is 12.2. The number of ketones is 1. The highest BCUT2D eigenvalue weighted by Gasteiger charge is 2.20. The van der Waals surface area contributed by atoms with Crippen molar-refractivity contribution in [3.05, 3.63) is 65.9 Å². The Bertz CT molecular complexity index is 855. The maximum Gasteiger partial charge on any atom is 0.228 e. The average Bonchev–Trinajstić information content (AvgIpc) is 3.17. The van der Waals surface area contributed by atoms with Crippen LogP contribution in [0.4, 0.5) is 0 Å². The molecule has 3 rings (SSSR count). The second-order valence-electron chi connectivity index (χ2n) is 5.27. The van der Waals surface area contributed by atoms with Crippen molar-refractivity contribution in [3.8, 4) is 28.6 Å². The van der Waals surface area contributed by atoms with Gasteiger partial charge in [-0.05, 0) is 24.3 Å². The number of rotatable bonds is 6. The fourth-order valence-corrected chi connectivity index (χ4v) is 2.57. The van der Waals surface area contributed by atoms with Gasteiger partial charge < -0.3 is 18.6 Å². The predicted octanol–water partition coefficient (Wildman–Crippen LogP) is 4.20. The number of hydrogen-bond donors (Lipinski definition) is 0. The van der Waals surface area contributed by atoms with Crippen molar-refractivity contribution < 1.29 is 23.4 Å². The van der Waals surface area contributed by atoms with E-state index in [1.807, 2.05) is 30.3 Å². The number of carbonyl (C=O) groups excluding carboxylic acids is 1. The predicted molar refractivity (Wildman–Crippen MR) is 93.7 cm³/mol. The quantitative estimate of drug-likeness (QED) is 0.630. The molecule has 0 fully saturated rings. The maximum absolute atomic E-state index is 12.8. The van der Waals surface area contributed by atoms with E-state index in [0.717, 1.165) is 5.56 Å². The zero-order valence-corrected chi connectivity index (χ0v) is 14.2. The molecule has 25 heavy (non-hydrogen) atoms. The Hall–Kier alpha value is -3.21. The van der Waals surface area contributed by atoms with Crippen molar-refractivity contribution in [2.24, 2.45) is 0 Å². The Morgan fingerprint density at radius 2 is 1.48 bits per heavy atom. The first-order valence-electron chi connectivity index (χ1n) is 7.68. The van der Waals surface area contributed by atoms with Crippen molar-refractivity contribution in [1.29, 1.82) is 0 Å². The molecular weight excluding hydrogens is 320 g/mol. The minimum absolute atomic E-state index is 0.244. The molecule has 0 aliphatic carbocycles. The van der Waals surface area contributed by atoms with Crippen LogP contribution in [0.1, 0.15) is 16.1 Å². The maximum atomic E-state index is 12.8. The number of methoxy groups -OCH3 is 3. The summed E-state index contributed by atoms with van der Waals surface area (Å²) in [5, 5.41) is 0. The third kappa shape index (κ3) is 3.21. The van der Waals surface area contributed by atoms with Crippen LogP contribution in [-0.4, -0.2) is 27.1 Å². The third-order valence-corrected chi connectivity index (χ3v) is 3.82. The summed E-state index contributed by atoms with van der Waals surface area (Å²) in [5.41, 5.74) is 1.30. The summed E-state index contributed by atoms with van der Waals surface area (Å²) in [7, 11) is 4.53. The highest BCUT2D eigenvalue weighted by Crippen LogP contribution is 2.39. The summed E-state index contributed by atoms with van der Waals surface area (Å²) in [6.45, 7) is 0. The van der Waals surface area contributed by atoms with Gasteiger partial charge >= 0.3 is 0 Å². The number of carbonyl (C=O) groups is 1. The van der Waals surface area contributed by atoms with Gasteiger partial charge in [-0.3, -0.25) is 4.79 Å². The van der Waals surface area contributed by atoms with E-state index in [4.69, 9.17) is 18.6 Å². The Balaban J connectivity index is 1.97. The number of benzene rings is 2. The SMILES string of the molecule is COc1cc(C(=O)c2ccc(-c3ccccc3)o2)cc(OC)c1OC. The summed E-state index contributed by atoms with van der Waals surface area (Å²) in [6, 6.07) is 16.3. The summed E-state index contributed by atoms with van der Waals surface area (Å²) in [6.07, 6.45) is 0. The second kappa shape index (κ2) is 7.13. The van der Waals surface area contributed by atoms with Gasteiger partial charge in [0.2, 0.25) is 11.5 Å². The van der Waals surface area contributed by atoms with Gasteiger partial charge in [0.1, 0.15) is 5.76 Å². The zero-order chi connectivity index (χ0) is 17.8. The molecule has 0 unspecified atom stereocenters. The largest absolute Gasteiger partial charge is 0.493 e. The third-order valence-electron chi connectivity index (χ3n) is 3.82. The lowest BCUT2D eigenvalue weighted by atomic mass is 10.1. The van der Waals surface area contributed by atoms with Gasteiger partial charge in [-0.15, -0.1) is 0 Å². The highest BCUT2D eigenvalue weighted by atomic mass is 16.5. The molecule has 0 saturated heterocycles. The van der Waals surface area contributed by atoms with Crippen molar-refractivity contribution in [2.75, 3.05) is 21.3 Å². The van der Waals surface area contributed by atoms with E-state index < -0.39 is 0 Å². The lowest BCUT2D eigenvalue weighted by molar-refractivity contribution is 0.101. The summed E-state index contributed by atoms with van der Waals surface area (Å²) >= 11 is 0. The second-order valence-corrected chi connectivity index (χ2v) is 5.27. The number of furan rings is 1. The zero-order valence-electron chi connectivity index (χ0n) is 14.2. The topological polar surface area (TPSA) is 57.9 Å². The van der Waals surface area contributed by atoms with Crippen LogP contribution in [0.25, 0.3) is 11.3 Å². The van der Waals surface area contributed by atoms with Crippen molar-refractivity contribution in [2.45, 2.75) is 0 Å². The van der Waals surface area contributed by atoms with Gasteiger partial charge in [-0.25, -0.2) is 0 Å². The van der Waals surface area contributed by atoms with Crippen LogP contribution >= 0.6 is 0 Å². The highest BCUT2D eigenvalue weighted by molar-refractivity contribution is 6.08. The molecule has 0 saturated carbocycles. The first kappa shape index (κ1) is 16.6. The van der Waals surface area contributed by atoms with Gasteiger partial charge in [-0.1, -0.05) is 30.3 Å². The van der Waals surface area contributed by atoms with Crippen LogP contribution in [-0.2, 0) is 0 Å². The fraction of sp³-hybridized carbons (Fsp3) is 0.150.